The minimum Gasteiger partial charge on any atom is -0.359 e. The molecular weight excluding hydrogens is 290 g/mol. The summed E-state index contributed by atoms with van der Waals surface area (Å²) in [5.74, 6) is -0.117. The summed E-state index contributed by atoms with van der Waals surface area (Å²) >= 11 is 0. The maximum Gasteiger partial charge on any atom is 0.274 e. The Hall–Kier alpha value is -2.95. The van der Waals surface area contributed by atoms with E-state index < -0.39 is 0 Å². The number of rotatable bonds is 4. The van der Waals surface area contributed by atoms with E-state index in [1.807, 2.05) is 48.5 Å². The van der Waals surface area contributed by atoms with Crippen LogP contribution in [0.1, 0.15) is 6.42 Å². The van der Waals surface area contributed by atoms with Crippen molar-refractivity contribution in [3.63, 3.8) is 0 Å². The summed E-state index contributed by atoms with van der Waals surface area (Å²) in [6.07, 6.45) is 0.218. The molecule has 0 unspecified atom stereocenters. The fraction of sp³-hybridized carbons (Fsp3) is 0.167. The van der Waals surface area contributed by atoms with Gasteiger partial charge in [0.2, 0.25) is 5.91 Å². The molecule has 3 rings (SSSR count). The predicted octanol–water partition coefficient (Wildman–Crippen LogP) is 2.20. The quantitative estimate of drug-likeness (QED) is 0.803. The van der Waals surface area contributed by atoms with Crippen molar-refractivity contribution in [2.24, 2.45) is 0 Å². The summed E-state index contributed by atoms with van der Waals surface area (Å²) in [7, 11) is 1.58. The van der Waals surface area contributed by atoms with Crippen molar-refractivity contribution >= 4 is 16.7 Å². The third kappa shape index (κ3) is 2.99. The van der Waals surface area contributed by atoms with Crippen molar-refractivity contribution in [2.45, 2.75) is 13.0 Å². The van der Waals surface area contributed by atoms with E-state index >= 15 is 0 Å². The molecule has 1 heterocycles. The van der Waals surface area contributed by atoms with E-state index in [4.69, 9.17) is 0 Å². The molecule has 23 heavy (non-hydrogen) atoms. The van der Waals surface area contributed by atoms with Gasteiger partial charge in [-0.15, -0.1) is 0 Å². The summed E-state index contributed by atoms with van der Waals surface area (Å²) in [6.45, 7) is 0.253. The van der Waals surface area contributed by atoms with Crippen LogP contribution in [-0.4, -0.2) is 22.7 Å². The Bertz CT molecular complexity index is 901. The highest BCUT2D eigenvalue weighted by Crippen LogP contribution is 2.24. The standard InChI is InChI=1S/C18H17N3O2/c1-19-16(22)11-12-21-18(23)15-10-6-5-9-14(15)17(20-21)13-7-3-2-4-8-13/h2-10H,11-12H2,1H3,(H,19,22). The van der Waals surface area contributed by atoms with Gasteiger partial charge in [0.15, 0.2) is 0 Å². The number of aromatic nitrogens is 2. The topological polar surface area (TPSA) is 64.0 Å². The Kier molecular flexibility index (Phi) is 4.19. The molecule has 0 radical (unpaired) electrons. The highest BCUT2D eigenvalue weighted by Gasteiger charge is 2.12. The van der Waals surface area contributed by atoms with Crippen molar-refractivity contribution in [3.05, 3.63) is 65.0 Å². The lowest BCUT2D eigenvalue weighted by Crippen LogP contribution is -2.27. The number of nitrogens with zero attached hydrogens (tertiary/aromatic N) is 2. The highest BCUT2D eigenvalue weighted by molar-refractivity contribution is 5.93. The monoisotopic (exact) mass is 307 g/mol. The number of amides is 1. The van der Waals surface area contributed by atoms with E-state index in [1.54, 1.807) is 13.1 Å². The lowest BCUT2D eigenvalue weighted by atomic mass is 10.1. The van der Waals surface area contributed by atoms with Gasteiger partial charge in [0.25, 0.3) is 5.56 Å². The van der Waals surface area contributed by atoms with Crippen molar-refractivity contribution in [3.8, 4) is 11.3 Å². The molecule has 0 saturated carbocycles. The van der Waals surface area contributed by atoms with Crippen molar-refractivity contribution in [2.75, 3.05) is 7.05 Å². The maximum atomic E-state index is 12.6. The third-order valence-electron chi connectivity index (χ3n) is 3.74. The smallest absolute Gasteiger partial charge is 0.274 e. The second kappa shape index (κ2) is 6.44. The number of benzene rings is 2. The second-order valence-electron chi connectivity index (χ2n) is 5.21. The van der Waals surface area contributed by atoms with Crippen LogP contribution < -0.4 is 10.9 Å². The minimum absolute atomic E-state index is 0.117. The number of carbonyl (C=O) groups is 1. The van der Waals surface area contributed by atoms with E-state index in [2.05, 4.69) is 10.4 Å². The lowest BCUT2D eigenvalue weighted by molar-refractivity contribution is -0.120. The van der Waals surface area contributed by atoms with Gasteiger partial charge in [-0.25, -0.2) is 4.68 Å². The van der Waals surface area contributed by atoms with Gasteiger partial charge in [0.05, 0.1) is 17.6 Å². The zero-order valence-electron chi connectivity index (χ0n) is 12.8. The van der Waals surface area contributed by atoms with Crippen LogP contribution in [0, 0.1) is 0 Å². The Morgan fingerprint density at radius 1 is 1.04 bits per heavy atom. The van der Waals surface area contributed by atoms with Crippen LogP contribution in [0.25, 0.3) is 22.0 Å². The first-order valence-electron chi connectivity index (χ1n) is 7.46. The van der Waals surface area contributed by atoms with Crippen LogP contribution in [0.2, 0.25) is 0 Å². The largest absolute Gasteiger partial charge is 0.359 e. The molecule has 116 valence electrons. The summed E-state index contributed by atoms with van der Waals surface area (Å²) < 4.78 is 1.37. The van der Waals surface area contributed by atoms with E-state index in [-0.39, 0.29) is 24.4 Å². The zero-order valence-corrected chi connectivity index (χ0v) is 12.8. The first kappa shape index (κ1) is 15.0. The fourth-order valence-corrected chi connectivity index (χ4v) is 2.53. The molecule has 0 bridgehead atoms. The van der Waals surface area contributed by atoms with Gasteiger partial charge < -0.3 is 5.32 Å². The van der Waals surface area contributed by atoms with Gasteiger partial charge in [-0.05, 0) is 6.07 Å². The van der Waals surface area contributed by atoms with Gasteiger partial charge in [0, 0.05) is 24.4 Å². The van der Waals surface area contributed by atoms with Gasteiger partial charge >= 0.3 is 0 Å². The normalized spacial score (nSPS) is 10.7. The van der Waals surface area contributed by atoms with E-state index in [9.17, 15) is 9.59 Å². The van der Waals surface area contributed by atoms with E-state index in [0.717, 1.165) is 16.6 Å². The maximum absolute atomic E-state index is 12.6. The Morgan fingerprint density at radius 3 is 2.39 bits per heavy atom. The molecule has 3 aromatic rings. The van der Waals surface area contributed by atoms with Crippen LogP contribution >= 0.6 is 0 Å². The predicted molar refractivity (Wildman–Crippen MR) is 90.1 cm³/mol. The SMILES string of the molecule is CNC(=O)CCn1nc(-c2ccccc2)c2ccccc2c1=O. The summed E-state index contributed by atoms with van der Waals surface area (Å²) in [5, 5.41) is 8.49. The van der Waals surface area contributed by atoms with Crippen molar-refractivity contribution < 1.29 is 4.79 Å². The Labute approximate surface area is 133 Å². The summed E-state index contributed by atoms with van der Waals surface area (Å²) in [6, 6.07) is 17.2. The van der Waals surface area contributed by atoms with Crippen molar-refractivity contribution in [1.29, 1.82) is 0 Å². The molecule has 5 nitrogen and oxygen atoms in total. The molecule has 5 heteroatoms. The molecule has 0 aliphatic rings. The molecule has 0 saturated heterocycles. The number of aryl methyl sites for hydroxylation is 1. The fourth-order valence-electron chi connectivity index (χ4n) is 2.53. The number of hydrogen-bond donors (Lipinski definition) is 1. The first-order chi connectivity index (χ1) is 11.2. The molecule has 1 N–H and O–H groups in total. The highest BCUT2D eigenvalue weighted by atomic mass is 16.2. The van der Waals surface area contributed by atoms with Gasteiger partial charge in [-0.3, -0.25) is 9.59 Å². The van der Waals surface area contributed by atoms with Gasteiger partial charge in [-0.2, -0.15) is 5.10 Å². The molecule has 1 aromatic heterocycles. The zero-order chi connectivity index (χ0) is 16.2. The second-order valence-corrected chi connectivity index (χ2v) is 5.21. The summed E-state index contributed by atoms with van der Waals surface area (Å²) in [5.41, 5.74) is 1.51. The first-order valence-corrected chi connectivity index (χ1v) is 7.46. The molecule has 0 fully saturated rings. The molecule has 1 amide bonds. The van der Waals surface area contributed by atoms with Crippen LogP contribution in [0.5, 0.6) is 0 Å². The van der Waals surface area contributed by atoms with Crippen LogP contribution in [0.3, 0.4) is 0 Å². The molecule has 0 aliphatic heterocycles. The van der Waals surface area contributed by atoms with Crippen LogP contribution in [0.4, 0.5) is 0 Å². The number of carbonyl (C=O) groups excluding carboxylic acids is 1. The molecule has 0 aliphatic carbocycles. The molecule has 0 atom stereocenters. The van der Waals surface area contributed by atoms with Gasteiger partial charge in [0.1, 0.15) is 0 Å². The van der Waals surface area contributed by atoms with E-state index in [1.165, 1.54) is 4.68 Å². The summed E-state index contributed by atoms with van der Waals surface area (Å²) in [4.78, 5) is 24.0. The average Bonchev–Trinajstić information content (AvgIpc) is 2.61. The van der Waals surface area contributed by atoms with E-state index in [0.29, 0.717) is 5.39 Å². The number of hydrogen-bond acceptors (Lipinski definition) is 3. The Morgan fingerprint density at radius 2 is 1.70 bits per heavy atom. The Balaban J connectivity index is 2.17. The number of nitrogens with one attached hydrogen (secondary N) is 1. The molecular formula is C18H17N3O2. The van der Waals surface area contributed by atoms with Crippen LogP contribution in [0.15, 0.2) is 59.4 Å². The number of fused-ring (bicyclic) bond motifs is 1. The minimum atomic E-state index is -0.177. The third-order valence-corrected chi connectivity index (χ3v) is 3.74. The van der Waals surface area contributed by atoms with Crippen LogP contribution in [-0.2, 0) is 11.3 Å². The van der Waals surface area contributed by atoms with Crippen molar-refractivity contribution in [1.82, 2.24) is 15.1 Å². The lowest BCUT2D eigenvalue weighted by Gasteiger charge is -2.11. The molecule has 2 aromatic carbocycles. The average molecular weight is 307 g/mol. The molecule has 0 spiro atoms. The van der Waals surface area contributed by atoms with Gasteiger partial charge in [-0.1, -0.05) is 48.5 Å².